The number of hydrogen-bond donors (Lipinski definition) is 1. The van der Waals surface area contributed by atoms with E-state index in [1.807, 2.05) is 11.8 Å². The molecule has 1 aromatic heterocycles. The highest BCUT2D eigenvalue weighted by atomic mass is 32.2. The molecule has 5 heteroatoms. The number of aliphatic hydroxyl groups excluding tert-OH is 1. The third kappa shape index (κ3) is 2.16. The number of aromatic nitrogens is 2. The molecule has 0 aromatic carbocycles. The number of thioether (sulfide) groups is 1. The van der Waals surface area contributed by atoms with Crippen LogP contribution in [-0.2, 0) is 6.61 Å². The van der Waals surface area contributed by atoms with E-state index in [0.29, 0.717) is 0 Å². The van der Waals surface area contributed by atoms with Gasteiger partial charge in [0, 0.05) is 42.6 Å². The molecule has 1 fully saturated rings. The molecule has 0 bridgehead atoms. The summed E-state index contributed by atoms with van der Waals surface area (Å²) < 4.78 is 0. The lowest BCUT2D eigenvalue weighted by Gasteiger charge is -2.26. The largest absolute Gasteiger partial charge is 0.392 e. The molecule has 14 heavy (non-hydrogen) atoms. The average molecular weight is 211 g/mol. The summed E-state index contributed by atoms with van der Waals surface area (Å²) in [6.45, 7) is 2.04. The van der Waals surface area contributed by atoms with E-state index in [1.165, 1.54) is 0 Å². The Kier molecular flexibility index (Phi) is 3.21. The highest BCUT2D eigenvalue weighted by molar-refractivity contribution is 7.99. The zero-order chi connectivity index (χ0) is 9.80. The molecule has 2 rings (SSSR count). The fourth-order valence-electron chi connectivity index (χ4n) is 1.36. The zero-order valence-corrected chi connectivity index (χ0v) is 8.70. The van der Waals surface area contributed by atoms with Crippen LogP contribution in [0, 0.1) is 0 Å². The first kappa shape index (κ1) is 9.73. The van der Waals surface area contributed by atoms with Gasteiger partial charge in [0.2, 0.25) is 5.95 Å². The first-order chi connectivity index (χ1) is 6.90. The van der Waals surface area contributed by atoms with E-state index in [-0.39, 0.29) is 6.61 Å². The molecule has 1 saturated heterocycles. The van der Waals surface area contributed by atoms with Gasteiger partial charge < -0.3 is 10.0 Å². The summed E-state index contributed by atoms with van der Waals surface area (Å²) in [5.74, 6) is 3.07. The van der Waals surface area contributed by atoms with Crippen LogP contribution in [0.2, 0.25) is 0 Å². The van der Waals surface area contributed by atoms with Gasteiger partial charge in [0.15, 0.2) is 0 Å². The van der Waals surface area contributed by atoms with Crippen molar-refractivity contribution in [3.8, 4) is 0 Å². The maximum absolute atomic E-state index is 8.84. The molecular weight excluding hydrogens is 198 g/mol. The SMILES string of the molecule is OCc1cnc(N2CCSCC2)nc1. The summed E-state index contributed by atoms with van der Waals surface area (Å²) in [7, 11) is 0. The molecule has 1 N–H and O–H groups in total. The van der Waals surface area contributed by atoms with Gasteiger partial charge in [-0.15, -0.1) is 0 Å². The Hall–Kier alpha value is -0.810. The lowest BCUT2D eigenvalue weighted by molar-refractivity contribution is 0.281. The lowest BCUT2D eigenvalue weighted by Crippen LogP contribution is -2.33. The van der Waals surface area contributed by atoms with Crippen LogP contribution in [0.1, 0.15) is 5.56 Å². The molecule has 76 valence electrons. The van der Waals surface area contributed by atoms with Gasteiger partial charge in [-0.2, -0.15) is 11.8 Å². The van der Waals surface area contributed by atoms with Crippen LogP contribution in [0.15, 0.2) is 12.4 Å². The molecule has 0 spiro atoms. The van der Waals surface area contributed by atoms with Crippen LogP contribution in [-0.4, -0.2) is 39.7 Å². The third-order valence-electron chi connectivity index (χ3n) is 2.17. The summed E-state index contributed by atoms with van der Waals surface area (Å²) in [4.78, 5) is 10.6. The molecule has 1 aromatic rings. The van der Waals surface area contributed by atoms with E-state index in [1.54, 1.807) is 12.4 Å². The number of rotatable bonds is 2. The Bertz CT molecular complexity index is 285. The minimum absolute atomic E-state index is 0.0101. The second-order valence-electron chi connectivity index (χ2n) is 3.15. The number of nitrogens with zero attached hydrogens (tertiary/aromatic N) is 3. The molecule has 4 nitrogen and oxygen atoms in total. The van der Waals surface area contributed by atoms with Gasteiger partial charge in [0.1, 0.15) is 0 Å². The Morgan fingerprint density at radius 3 is 2.50 bits per heavy atom. The third-order valence-corrected chi connectivity index (χ3v) is 3.11. The normalized spacial score (nSPS) is 17.1. The van der Waals surface area contributed by atoms with Crippen LogP contribution >= 0.6 is 11.8 Å². The standard InChI is InChI=1S/C9H13N3OS/c13-7-8-5-10-9(11-6-8)12-1-3-14-4-2-12/h5-6,13H,1-4,7H2. The van der Waals surface area contributed by atoms with Crippen molar-refractivity contribution in [2.45, 2.75) is 6.61 Å². The summed E-state index contributed by atoms with van der Waals surface area (Å²) in [6.07, 6.45) is 3.37. The van der Waals surface area contributed by atoms with E-state index in [0.717, 1.165) is 36.1 Å². The first-order valence-electron chi connectivity index (χ1n) is 4.64. The summed E-state index contributed by atoms with van der Waals surface area (Å²) in [5.41, 5.74) is 0.764. The molecule has 1 aliphatic heterocycles. The number of hydrogen-bond acceptors (Lipinski definition) is 5. The van der Waals surface area contributed by atoms with Crippen molar-refractivity contribution in [1.29, 1.82) is 0 Å². The number of anilines is 1. The quantitative estimate of drug-likeness (QED) is 0.773. The molecule has 0 amide bonds. The second kappa shape index (κ2) is 4.61. The van der Waals surface area contributed by atoms with Gasteiger partial charge in [-0.3, -0.25) is 0 Å². The maximum Gasteiger partial charge on any atom is 0.225 e. The van der Waals surface area contributed by atoms with Gasteiger partial charge in [0.05, 0.1) is 6.61 Å². The van der Waals surface area contributed by atoms with Crippen LogP contribution < -0.4 is 4.90 Å². The monoisotopic (exact) mass is 211 g/mol. The molecular formula is C9H13N3OS. The Morgan fingerprint density at radius 1 is 1.29 bits per heavy atom. The molecule has 0 saturated carbocycles. The van der Waals surface area contributed by atoms with Gasteiger partial charge in [-0.25, -0.2) is 9.97 Å². The van der Waals surface area contributed by atoms with Gasteiger partial charge in [-0.1, -0.05) is 0 Å². The minimum atomic E-state index is 0.0101. The molecule has 1 aliphatic rings. The first-order valence-corrected chi connectivity index (χ1v) is 5.80. The van der Waals surface area contributed by atoms with E-state index < -0.39 is 0 Å². The predicted octanol–water partition coefficient (Wildman–Crippen LogP) is 0.522. The van der Waals surface area contributed by atoms with Crippen LogP contribution in [0.3, 0.4) is 0 Å². The average Bonchev–Trinajstić information content (AvgIpc) is 2.30. The van der Waals surface area contributed by atoms with Crippen molar-refractivity contribution in [3.63, 3.8) is 0 Å². The maximum atomic E-state index is 8.84. The van der Waals surface area contributed by atoms with Crippen molar-refractivity contribution in [3.05, 3.63) is 18.0 Å². The smallest absolute Gasteiger partial charge is 0.225 e. The van der Waals surface area contributed by atoms with Crippen molar-refractivity contribution in [2.24, 2.45) is 0 Å². The fourth-order valence-corrected chi connectivity index (χ4v) is 2.26. The van der Waals surface area contributed by atoms with Gasteiger partial charge in [-0.05, 0) is 0 Å². The van der Waals surface area contributed by atoms with Gasteiger partial charge >= 0.3 is 0 Å². The highest BCUT2D eigenvalue weighted by Crippen LogP contribution is 2.14. The molecule has 2 heterocycles. The minimum Gasteiger partial charge on any atom is -0.392 e. The topological polar surface area (TPSA) is 49.3 Å². The highest BCUT2D eigenvalue weighted by Gasteiger charge is 2.12. The van der Waals surface area contributed by atoms with Crippen molar-refractivity contribution in [1.82, 2.24) is 9.97 Å². The van der Waals surface area contributed by atoms with Crippen LogP contribution in [0.4, 0.5) is 5.95 Å². The lowest BCUT2D eigenvalue weighted by atomic mass is 10.4. The summed E-state index contributed by atoms with van der Waals surface area (Å²) in [5, 5.41) is 8.84. The van der Waals surface area contributed by atoms with E-state index in [2.05, 4.69) is 14.9 Å². The number of aliphatic hydroxyl groups is 1. The van der Waals surface area contributed by atoms with Gasteiger partial charge in [0.25, 0.3) is 0 Å². The van der Waals surface area contributed by atoms with Crippen molar-refractivity contribution >= 4 is 17.7 Å². The molecule has 0 atom stereocenters. The summed E-state index contributed by atoms with van der Waals surface area (Å²) in [6, 6.07) is 0. The molecule has 0 aliphatic carbocycles. The van der Waals surface area contributed by atoms with Crippen molar-refractivity contribution < 1.29 is 5.11 Å². The Balaban J connectivity index is 2.07. The zero-order valence-electron chi connectivity index (χ0n) is 7.89. The predicted molar refractivity (Wildman–Crippen MR) is 57.5 cm³/mol. The van der Waals surface area contributed by atoms with Crippen molar-refractivity contribution in [2.75, 3.05) is 29.5 Å². The second-order valence-corrected chi connectivity index (χ2v) is 4.37. The molecule has 0 unspecified atom stereocenters. The Labute approximate surface area is 87.4 Å². The van der Waals surface area contributed by atoms with E-state index in [4.69, 9.17) is 5.11 Å². The molecule has 0 radical (unpaired) electrons. The fraction of sp³-hybridized carbons (Fsp3) is 0.556. The van der Waals surface area contributed by atoms with Crippen LogP contribution in [0.5, 0.6) is 0 Å². The van der Waals surface area contributed by atoms with Crippen LogP contribution in [0.25, 0.3) is 0 Å². The van der Waals surface area contributed by atoms with E-state index in [9.17, 15) is 0 Å². The summed E-state index contributed by atoms with van der Waals surface area (Å²) >= 11 is 1.96. The van der Waals surface area contributed by atoms with E-state index >= 15 is 0 Å². The Morgan fingerprint density at radius 2 is 1.93 bits per heavy atom.